The lowest BCUT2D eigenvalue weighted by molar-refractivity contribution is -0.184. The highest BCUT2D eigenvalue weighted by Crippen LogP contribution is 2.31. The second kappa shape index (κ2) is 11.5. The molecule has 0 radical (unpaired) electrons. The molecule has 3 amide bonds. The number of anilines is 1. The summed E-state index contributed by atoms with van der Waals surface area (Å²) in [4.78, 5) is 33.8. The van der Waals surface area contributed by atoms with Gasteiger partial charge in [-0.2, -0.15) is 17.6 Å². The van der Waals surface area contributed by atoms with Crippen LogP contribution in [0.1, 0.15) is 11.3 Å². The Hall–Kier alpha value is -4.44. The van der Waals surface area contributed by atoms with Crippen molar-refractivity contribution in [1.29, 1.82) is 0 Å². The van der Waals surface area contributed by atoms with E-state index in [-0.39, 0.29) is 30.0 Å². The maximum absolute atomic E-state index is 13.3. The van der Waals surface area contributed by atoms with E-state index in [1.165, 1.54) is 43.6 Å². The number of urea groups is 1. The minimum Gasteiger partial charge on any atom is -0.489 e. The number of alkyl halides is 3. The Morgan fingerprint density at radius 2 is 2.16 bits per heavy atom. The molecule has 2 heterocycles. The average Bonchev–Trinajstić information content (AvgIpc) is 2.96. The lowest BCUT2D eigenvalue weighted by Gasteiger charge is -2.19. The summed E-state index contributed by atoms with van der Waals surface area (Å²) in [6, 6.07) is 6.32. The topological polar surface area (TPSA) is 130 Å². The van der Waals surface area contributed by atoms with E-state index in [9.17, 15) is 27.2 Å². The number of aliphatic hydroxyl groups is 1. The number of aliphatic hydroxyl groups excluding tert-OH is 1. The molecule has 0 bridgehead atoms. The van der Waals surface area contributed by atoms with Gasteiger partial charge in [0, 0.05) is 30.9 Å². The van der Waals surface area contributed by atoms with Crippen molar-refractivity contribution >= 4 is 23.8 Å². The summed E-state index contributed by atoms with van der Waals surface area (Å²) in [6.07, 6.45) is -5.26. The van der Waals surface area contributed by atoms with Gasteiger partial charge in [0.25, 0.3) is 5.91 Å². The molecule has 1 aliphatic rings. The van der Waals surface area contributed by atoms with E-state index in [0.29, 0.717) is 11.3 Å². The largest absolute Gasteiger partial charge is 0.489 e. The number of nitrogens with one attached hydrogen (secondary N) is 1. The Balaban J connectivity index is 1.67. The number of aliphatic imine (C=N–C) groups is 1. The average molecular weight is 519 g/mol. The van der Waals surface area contributed by atoms with Crippen LogP contribution >= 0.6 is 0 Å². The van der Waals surface area contributed by atoms with E-state index < -0.39 is 36.2 Å². The molecule has 4 N–H and O–H groups in total. The predicted octanol–water partition coefficient (Wildman–Crippen LogP) is 2.08. The highest BCUT2D eigenvalue weighted by atomic mass is 19.4. The Morgan fingerprint density at radius 1 is 1.41 bits per heavy atom. The summed E-state index contributed by atoms with van der Waals surface area (Å²) in [7, 11) is 1.39. The van der Waals surface area contributed by atoms with Crippen molar-refractivity contribution in [3.63, 3.8) is 0 Å². The number of allylic oxidation sites excluding steroid dienone is 1. The van der Waals surface area contributed by atoms with Crippen LogP contribution in [-0.2, 0) is 11.2 Å². The van der Waals surface area contributed by atoms with Gasteiger partial charge in [0.2, 0.25) is 12.1 Å². The lowest BCUT2D eigenvalue weighted by Crippen LogP contribution is -2.48. The monoisotopic (exact) mass is 519 g/mol. The standard InChI is InChI=1S/C24H21F4N5O4/c1-33-18-10-14(6-8-20(34)24(26,27)28)5-7-19(18)37-13-17(22(33)35)32-23(36)30-12-15(11-29)9-16-3-2-4-21(25)31-16/h2-5,7,10-12,17,20,34H,9,13,29H2,1H3,(H,32,36)/b15-11-,30-12+/t17-,20?/m0/s1. The first-order valence-corrected chi connectivity index (χ1v) is 10.7. The third-order valence-corrected chi connectivity index (χ3v) is 5.04. The smallest absolute Gasteiger partial charge is 0.425 e. The summed E-state index contributed by atoms with van der Waals surface area (Å²) in [5.74, 6) is 2.89. The first-order valence-electron chi connectivity index (χ1n) is 10.7. The molecule has 0 saturated carbocycles. The minimum atomic E-state index is -4.89. The van der Waals surface area contributed by atoms with E-state index in [2.05, 4.69) is 21.2 Å². The molecule has 1 aromatic carbocycles. The lowest BCUT2D eigenvalue weighted by atomic mass is 10.1. The Bertz CT molecular complexity index is 1300. The molecule has 0 saturated heterocycles. The second-order valence-electron chi connectivity index (χ2n) is 7.73. The number of hydrogen-bond acceptors (Lipinski definition) is 6. The number of amides is 3. The molecule has 194 valence electrons. The summed E-state index contributed by atoms with van der Waals surface area (Å²) >= 11 is 0. The number of benzene rings is 1. The maximum atomic E-state index is 13.3. The second-order valence-corrected chi connectivity index (χ2v) is 7.73. The van der Waals surface area contributed by atoms with Gasteiger partial charge in [0.1, 0.15) is 18.4 Å². The summed E-state index contributed by atoms with van der Waals surface area (Å²) in [6.45, 7) is -0.248. The molecular weight excluding hydrogens is 498 g/mol. The highest BCUT2D eigenvalue weighted by molar-refractivity contribution is 6.01. The van der Waals surface area contributed by atoms with Crippen LogP contribution in [0.5, 0.6) is 5.75 Å². The van der Waals surface area contributed by atoms with Gasteiger partial charge >= 0.3 is 12.2 Å². The van der Waals surface area contributed by atoms with Crippen LogP contribution in [-0.4, -0.2) is 60.2 Å². The molecule has 3 rings (SSSR count). The normalized spacial score (nSPS) is 16.8. The fourth-order valence-corrected chi connectivity index (χ4v) is 3.15. The molecule has 0 aliphatic carbocycles. The van der Waals surface area contributed by atoms with Gasteiger partial charge in [0.15, 0.2) is 0 Å². The van der Waals surface area contributed by atoms with Gasteiger partial charge in [-0.15, -0.1) is 0 Å². The third kappa shape index (κ3) is 7.28. The SMILES string of the molecule is CN1C(=O)[C@@H](NC(=O)/N=C/C(=C\N)Cc2cccc(F)n2)COc2ccc(C#CC(O)C(F)(F)F)cc21. The van der Waals surface area contributed by atoms with Gasteiger partial charge in [-0.05, 0) is 42.1 Å². The van der Waals surface area contributed by atoms with Crippen LogP contribution in [0, 0.1) is 17.8 Å². The zero-order valence-corrected chi connectivity index (χ0v) is 19.3. The molecule has 37 heavy (non-hydrogen) atoms. The first kappa shape index (κ1) is 27.2. The number of aromatic nitrogens is 1. The maximum Gasteiger partial charge on any atom is 0.425 e. The molecule has 0 fully saturated rings. The number of fused-ring (bicyclic) bond motifs is 1. The molecule has 0 spiro atoms. The van der Waals surface area contributed by atoms with E-state index in [4.69, 9.17) is 15.6 Å². The number of carbonyl (C=O) groups is 2. The molecule has 13 heteroatoms. The van der Waals surface area contributed by atoms with Gasteiger partial charge in [-0.25, -0.2) is 14.8 Å². The summed E-state index contributed by atoms with van der Waals surface area (Å²) in [5.41, 5.74) is 6.58. The van der Waals surface area contributed by atoms with E-state index in [1.807, 2.05) is 0 Å². The molecule has 1 aromatic heterocycles. The van der Waals surface area contributed by atoms with Crippen molar-refractivity contribution in [3.8, 4) is 17.6 Å². The third-order valence-electron chi connectivity index (χ3n) is 5.04. The number of likely N-dealkylation sites (N-methyl/N-ethyl adjacent to an activating group) is 1. The number of halogens is 4. The van der Waals surface area contributed by atoms with Crippen molar-refractivity contribution in [1.82, 2.24) is 10.3 Å². The molecule has 1 unspecified atom stereocenters. The van der Waals surface area contributed by atoms with Crippen molar-refractivity contribution in [3.05, 3.63) is 65.4 Å². The van der Waals surface area contributed by atoms with Crippen LogP contribution in [0.15, 0.2) is 53.2 Å². The number of pyridine rings is 1. The van der Waals surface area contributed by atoms with Gasteiger partial charge in [0.05, 0.1) is 5.69 Å². The Kier molecular flexibility index (Phi) is 8.46. The summed E-state index contributed by atoms with van der Waals surface area (Å²) < 4.78 is 56.3. The van der Waals surface area contributed by atoms with Crippen molar-refractivity contribution in [2.75, 3.05) is 18.6 Å². The molecular formula is C24H21F4N5O4. The number of carbonyl (C=O) groups excluding carboxylic acids is 2. The van der Waals surface area contributed by atoms with Crippen LogP contribution in [0.3, 0.4) is 0 Å². The summed E-state index contributed by atoms with van der Waals surface area (Å²) in [5, 5.41) is 11.5. The first-order chi connectivity index (χ1) is 17.5. The van der Waals surface area contributed by atoms with Crippen molar-refractivity contribution in [2.24, 2.45) is 10.7 Å². The van der Waals surface area contributed by atoms with Gasteiger partial charge in [-0.1, -0.05) is 17.9 Å². The molecule has 1 aliphatic heterocycles. The number of nitrogens with two attached hydrogens (primary N) is 1. The number of hydrogen-bond donors (Lipinski definition) is 3. The van der Waals surface area contributed by atoms with Crippen LogP contribution in [0.2, 0.25) is 0 Å². The van der Waals surface area contributed by atoms with Crippen LogP contribution in [0.4, 0.5) is 28.0 Å². The molecule has 2 aromatic rings. The highest BCUT2D eigenvalue weighted by Gasteiger charge is 2.37. The Morgan fingerprint density at radius 3 is 2.84 bits per heavy atom. The quantitative estimate of drug-likeness (QED) is 0.246. The van der Waals surface area contributed by atoms with Gasteiger partial charge in [-0.3, -0.25) is 4.79 Å². The van der Waals surface area contributed by atoms with Crippen molar-refractivity contribution in [2.45, 2.75) is 24.7 Å². The zero-order valence-electron chi connectivity index (χ0n) is 19.3. The number of rotatable bonds is 4. The molecule has 2 atom stereocenters. The fraction of sp³-hybridized carbons (Fsp3) is 0.250. The van der Waals surface area contributed by atoms with E-state index in [1.54, 1.807) is 12.0 Å². The van der Waals surface area contributed by atoms with Crippen LogP contribution < -0.4 is 20.7 Å². The molecule has 9 nitrogen and oxygen atoms in total. The van der Waals surface area contributed by atoms with Crippen LogP contribution in [0.25, 0.3) is 0 Å². The number of ether oxygens (including phenoxy) is 1. The minimum absolute atomic E-state index is 0.103. The Labute approximate surface area is 208 Å². The predicted molar refractivity (Wildman–Crippen MR) is 125 cm³/mol. The zero-order chi connectivity index (χ0) is 27.2. The number of nitrogens with zero attached hydrogens (tertiary/aromatic N) is 3. The van der Waals surface area contributed by atoms with E-state index in [0.717, 1.165) is 11.1 Å². The van der Waals surface area contributed by atoms with E-state index >= 15 is 0 Å². The van der Waals surface area contributed by atoms with Gasteiger partial charge < -0.3 is 25.8 Å². The fourth-order valence-electron chi connectivity index (χ4n) is 3.15. The van der Waals surface area contributed by atoms with Crippen molar-refractivity contribution < 1.29 is 37.0 Å².